The van der Waals surface area contributed by atoms with Gasteiger partial charge in [-0.1, -0.05) is 12.1 Å². The van der Waals surface area contributed by atoms with Gasteiger partial charge in [0, 0.05) is 5.56 Å². The Labute approximate surface area is 93.7 Å². The van der Waals surface area contributed by atoms with Crippen LogP contribution in [0.1, 0.15) is 34.6 Å². The number of carbonyl (C=O) groups excluding carboxylic acids is 2. The molecule has 0 aliphatic rings. The summed E-state index contributed by atoms with van der Waals surface area (Å²) in [5, 5.41) is 2.79. The first-order chi connectivity index (χ1) is 7.44. The van der Waals surface area contributed by atoms with E-state index in [2.05, 4.69) is 5.32 Å². The van der Waals surface area contributed by atoms with Crippen molar-refractivity contribution in [3.8, 4) is 0 Å². The van der Waals surface area contributed by atoms with Crippen molar-refractivity contribution in [2.75, 3.05) is 7.05 Å². The SMILES string of the molecule is CNC(C)(C)C(=O)c1c(F)cccc1C=O. The molecular formula is C12H14FNO2. The number of nitrogens with one attached hydrogen (secondary N) is 1. The number of hydrogen-bond acceptors (Lipinski definition) is 3. The molecule has 0 aliphatic carbocycles. The summed E-state index contributed by atoms with van der Waals surface area (Å²) in [4.78, 5) is 22.8. The molecule has 0 aromatic heterocycles. The van der Waals surface area contributed by atoms with Gasteiger partial charge in [0.2, 0.25) is 0 Å². The van der Waals surface area contributed by atoms with E-state index in [0.29, 0.717) is 6.29 Å². The first kappa shape index (κ1) is 12.5. The monoisotopic (exact) mass is 223 g/mol. The maximum Gasteiger partial charge on any atom is 0.185 e. The van der Waals surface area contributed by atoms with Crippen LogP contribution in [-0.4, -0.2) is 24.7 Å². The van der Waals surface area contributed by atoms with Crippen LogP contribution in [0.4, 0.5) is 4.39 Å². The van der Waals surface area contributed by atoms with E-state index in [1.165, 1.54) is 18.2 Å². The van der Waals surface area contributed by atoms with Crippen LogP contribution in [0.3, 0.4) is 0 Å². The van der Waals surface area contributed by atoms with E-state index in [-0.39, 0.29) is 11.1 Å². The molecule has 0 saturated carbocycles. The van der Waals surface area contributed by atoms with Crippen LogP contribution in [0.5, 0.6) is 0 Å². The van der Waals surface area contributed by atoms with E-state index >= 15 is 0 Å². The molecule has 0 heterocycles. The number of Topliss-reactive ketones (excluding diaryl/α,β-unsaturated/α-hetero) is 1. The molecule has 0 saturated heterocycles. The quantitative estimate of drug-likeness (QED) is 0.625. The maximum absolute atomic E-state index is 13.5. The minimum absolute atomic E-state index is 0.0772. The van der Waals surface area contributed by atoms with Gasteiger partial charge in [0.05, 0.1) is 11.1 Å². The van der Waals surface area contributed by atoms with Gasteiger partial charge in [0.15, 0.2) is 12.1 Å². The van der Waals surface area contributed by atoms with Gasteiger partial charge in [0.1, 0.15) is 5.82 Å². The van der Waals surface area contributed by atoms with Crippen molar-refractivity contribution in [1.29, 1.82) is 0 Å². The van der Waals surface area contributed by atoms with Crippen molar-refractivity contribution < 1.29 is 14.0 Å². The highest BCUT2D eigenvalue weighted by Crippen LogP contribution is 2.18. The second-order valence-electron chi connectivity index (χ2n) is 4.03. The molecule has 0 spiro atoms. The highest BCUT2D eigenvalue weighted by molar-refractivity contribution is 6.07. The third-order valence-electron chi connectivity index (χ3n) is 2.59. The molecule has 1 N–H and O–H groups in total. The first-order valence-electron chi connectivity index (χ1n) is 4.91. The highest BCUT2D eigenvalue weighted by Gasteiger charge is 2.30. The van der Waals surface area contributed by atoms with Crippen LogP contribution in [-0.2, 0) is 0 Å². The molecule has 1 rings (SSSR count). The third-order valence-corrected chi connectivity index (χ3v) is 2.59. The topological polar surface area (TPSA) is 46.2 Å². The van der Waals surface area contributed by atoms with E-state index in [0.717, 1.165) is 0 Å². The molecule has 0 unspecified atom stereocenters. The maximum atomic E-state index is 13.5. The summed E-state index contributed by atoms with van der Waals surface area (Å²) in [5.41, 5.74) is -0.981. The van der Waals surface area contributed by atoms with E-state index in [1.54, 1.807) is 20.9 Å². The molecule has 86 valence electrons. The number of carbonyl (C=O) groups is 2. The predicted molar refractivity (Wildman–Crippen MR) is 59.3 cm³/mol. The molecule has 0 bridgehead atoms. The molecular weight excluding hydrogens is 209 g/mol. The van der Waals surface area contributed by atoms with E-state index in [9.17, 15) is 14.0 Å². The van der Waals surface area contributed by atoms with Crippen LogP contribution in [0, 0.1) is 5.82 Å². The smallest absolute Gasteiger partial charge is 0.185 e. The fraction of sp³-hybridized carbons (Fsp3) is 0.333. The number of rotatable bonds is 4. The minimum Gasteiger partial charge on any atom is -0.308 e. The van der Waals surface area contributed by atoms with Crippen LogP contribution in [0.2, 0.25) is 0 Å². The Morgan fingerprint density at radius 1 is 1.44 bits per heavy atom. The summed E-state index contributed by atoms with van der Waals surface area (Å²) in [6, 6.07) is 4.00. The predicted octanol–water partition coefficient (Wildman–Crippen LogP) is 1.82. The number of aldehydes is 1. The molecule has 1 aromatic rings. The molecule has 0 fully saturated rings. The molecule has 4 heteroatoms. The summed E-state index contributed by atoms with van der Waals surface area (Å²) < 4.78 is 13.5. The Morgan fingerprint density at radius 3 is 2.56 bits per heavy atom. The second-order valence-corrected chi connectivity index (χ2v) is 4.03. The molecule has 0 aliphatic heterocycles. The lowest BCUT2D eigenvalue weighted by molar-refractivity contribution is 0.0881. The van der Waals surface area contributed by atoms with Crippen LogP contribution in [0.25, 0.3) is 0 Å². The Hall–Kier alpha value is -1.55. The van der Waals surface area contributed by atoms with Crippen molar-refractivity contribution in [2.24, 2.45) is 0 Å². The fourth-order valence-electron chi connectivity index (χ4n) is 1.30. The zero-order valence-electron chi connectivity index (χ0n) is 9.50. The Balaban J connectivity index is 3.33. The van der Waals surface area contributed by atoms with Gasteiger partial charge in [-0.05, 0) is 27.0 Å². The van der Waals surface area contributed by atoms with Gasteiger partial charge in [-0.15, -0.1) is 0 Å². The van der Waals surface area contributed by atoms with Crippen molar-refractivity contribution in [3.05, 3.63) is 35.1 Å². The molecule has 0 amide bonds. The Kier molecular flexibility index (Phi) is 3.55. The lowest BCUT2D eigenvalue weighted by Crippen LogP contribution is -2.45. The summed E-state index contributed by atoms with van der Waals surface area (Å²) >= 11 is 0. The third kappa shape index (κ3) is 2.17. The summed E-state index contributed by atoms with van der Waals surface area (Å²) in [6.45, 7) is 3.27. The van der Waals surface area contributed by atoms with Crippen LogP contribution < -0.4 is 5.32 Å². The molecule has 1 aromatic carbocycles. The van der Waals surface area contributed by atoms with Gasteiger partial charge in [-0.25, -0.2) is 4.39 Å². The molecule has 3 nitrogen and oxygen atoms in total. The standard InChI is InChI=1S/C12H14FNO2/c1-12(2,14-3)11(16)10-8(7-15)5-4-6-9(10)13/h4-7,14H,1-3H3. The average molecular weight is 223 g/mol. The van der Waals surface area contributed by atoms with E-state index in [1.807, 2.05) is 0 Å². The largest absolute Gasteiger partial charge is 0.308 e. The van der Waals surface area contributed by atoms with Gasteiger partial charge < -0.3 is 5.32 Å². The number of halogens is 1. The Morgan fingerprint density at radius 2 is 2.06 bits per heavy atom. The van der Waals surface area contributed by atoms with Gasteiger partial charge in [-0.2, -0.15) is 0 Å². The van der Waals surface area contributed by atoms with Crippen molar-refractivity contribution in [1.82, 2.24) is 5.32 Å². The van der Waals surface area contributed by atoms with Gasteiger partial charge in [0.25, 0.3) is 0 Å². The number of ketones is 1. The summed E-state index contributed by atoms with van der Waals surface area (Å²) in [5.74, 6) is -1.10. The molecule has 0 atom stereocenters. The number of hydrogen-bond donors (Lipinski definition) is 1. The highest BCUT2D eigenvalue weighted by atomic mass is 19.1. The van der Waals surface area contributed by atoms with Crippen LogP contribution >= 0.6 is 0 Å². The number of benzene rings is 1. The van der Waals surface area contributed by atoms with Gasteiger partial charge >= 0.3 is 0 Å². The summed E-state index contributed by atoms with van der Waals surface area (Å²) in [6.07, 6.45) is 0.488. The lowest BCUT2D eigenvalue weighted by atomic mass is 9.90. The van der Waals surface area contributed by atoms with E-state index < -0.39 is 17.1 Å². The van der Waals surface area contributed by atoms with Crippen molar-refractivity contribution in [2.45, 2.75) is 19.4 Å². The van der Waals surface area contributed by atoms with E-state index in [4.69, 9.17) is 0 Å². The normalized spacial score (nSPS) is 11.2. The van der Waals surface area contributed by atoms with Crippen LogP contribution in [0.15, 0.2) is 18.2 Å². The molecule has 0 radical (unpaired) electrons. The fourth-order valence-corrected chi connectivity index (χ4v) is 1.30. The van der Waals surface area contributed by atoms with Crippen molar-refractivity contribution in [3.63, 3.8) is 0 Å². The number of likely N-dealkylation sites (N-methyl/N-ethyl adjacent to an activating group) is 1. The lowest BCUT2D eigenvalue weighted by Gasteiger charge is -2.23. The second kappa shape index (κ2) is 4.53. The zero-order chi connectivity index (χ0) is 12.3. The van der Waals surface area contributed by atoms with Crippen molar-refractivity contribution >= 4 is 12.1 Å². The summed E-state index contributed by atoms with van der Waals surface area (Å²) in [7, 11) is 1.61. The average Bonchev–Trinajstić information content (AvgIpc) is 2.27. The van der Waals surface area contributed by atoms with Gasteiger partial charge in [-0.3, -0.25) is 9.59 Å². The minimum atomic E-state index is -0.903. The molecule has 16 heavy (non-hydrogen) atoms. The first-order valence-corrected chi connectivity index (χ1v) is 4.91. The Bertz CT molecular complexity index is 427. The zero-order valence-corrected chi connectivity index (χ0v) is 9.50.